The highest BCUT2D eigenvalue weighted by atomic mass is 32.2. The lowest BCUT2D eigenvalue weighted by molar-refractivity contribution is 0.0653. The molecule has 0 saturated carbocycles. The normalized spacial score (nSPS) is 29.0. The van der Waals surface area contributed by atoms with E-state index in [2.05, 4.69) is 4.90 Å². The Bertz CT molecular complexity index is 642. The molecule has 5 nitrogen and oxygen atoms in total. The van der Waals surface area contributed by atoms with Gasteiger partial charge in [-0.3, -0.25) is 0 Å². The van der Waals surface area contributed by atoms with Crippen molar-refractivity contribution in [2.45, 2.75) is 24.3 Å². The predicted molar refractivity (Wildman–Crippen MR) is 89.8 cm³/mol. The van der Waals surface area contributed by atoms with Gasteiger partial charge in [-0.15, -0.1) is 0 Å². The molecule has 1 aromatic rings. The Kier molecular flexibility index (Phi) is 4.78. The number of nitrogens with zero attached hydrogens (tertiary/aromatic N) is 2. The van der Waals surface area contributed by atoms with Crippen LogP contribution in [0.5, 0.6) is 0 Å². The van der Waals surface area contributed by atoms with Crippen LogP contribution in [0.1, 0.15) is 12.0 Å². The molecule has 0 bridgehead atoms. The van der Waals surface area contributed by atoms with Gasteiger partial charge < -0.3 is 9.64 Å². The van der Waals surface area contributed by atoms with E-state index >= 15 is 0 Å². The van der Waals surface area contributed by atoms with Crippen LogP contribution >= 0.6 is 0 Å². The molecule has 128 valence electrons. The molecular formula is C17H26N2O3S. The van der Waals surface area contributed by atoms with Crippen molar-refractivity contribution in [3.8, 4) is 0 Å². The quantitative estimate of drug-likeness (QED) is 0.836. The van der Waals surface area contributed by atoms with Crippen molar-refractivity contribution in [1.82, 2.24) is 9.21 Å². The average molecular weight is 338 g/mol. The van der Waals surface area contributed by atoms with Gasteiger partial charge in [0.1, 0.15) is 0 Å². The number of likely N-dealkylation sites (N-methyl/N-ethyl adjacent to an activating group) is 1. The van der Waals surface area contributed by atoms with Gasteiger partial charge in [-0.2, -0.15) is 4.31 Å². The van der Waals surface area contributed by atoms with Gasteiger partial charge in [0.05, 0.1) is 17.6 Å². The standard InChI is InChI=1S/C17H26N2O3S/c1-13-4-6-15(7-5-13)23(20,21)19-9-8-16-14(10-19)12-22-17(16)11-18(2)3/h4-7,14,16-17H,8-12H2,1-3H3/t14-,16-,17+/m1/s1. The summed E-state index contributed by atoms with van der Waals surface area (Å²) in [5.74, 6) is 0.788. The fraction of sp³-hybridized carbons (Fsp3) is 0.647. The minimum absolute atomic E-state index is 0.235. The molecule has 0 amide bonds. The fourth-order valence-corrected chi connectivity index (χ4v) is 5.19. The minimum Gasteiger partial charge on any atom is -0.376 e. The Morgan fingerprint density at radius 3 is 2.61 bits per heavy atom. The second-order valence-corrected chi connectivity index (χ2v) is 8.96. The van der Waals surface area contributed by atoms with E-state index in [0.717, 1.165) is 18.5 Å². The molecule has 2 saturated heterocycles. The summed E-state index contributed by atoms with van der Waals surface area (Å²) in [4.78, 5) is 2.54. The van der Waals surface area contributed by atoms with Crippen LogP contribution in [0, 0.1) is 18.8 Å². The van der Waals surface area contributed by atoms with Crippen molar-refractivity contribution < 1.29 is 13.2 Å². The van der Waals surface area contributed by atoms with E-state index in [0.29, 0.717) is 36.4 Å². The van der Waals surface area contributed by atoms with Crippen molar-refractivity contribution in [2.24, 2.45) is 11.8 Å². The molecule has 2 aliphatic heterocycles. The number of fused-ring (bicyclic) bond motifs is 1. The van der Waals surface area contributed by atoms with E-state index in [-0.39, 0.29) is 6.10 Å². The van der Waals surface area contributed by atoms with E-state index in [1.165, 1.54) is 0 Å². The minimum atomic E-state index is -3.39. The fourth-order valence-electron chi connectivity index (χ4n) is 3.68. The zero-order valence-electron chi connectivity index (χ0n) is 14.1. The number of ether oxygens (including phenoxy) is 1. The number of sulfonamides is 1. The SMILES string of the molecule is Cc1ccc(S(=O)(=O)N2CC[C@@H]3[C@@H](CO[C@H]3CN(C)C)C2)cc1. The van der Waals surface area contributed by atoms with Gasteiger partial charge in [-0.25, -0.2) is 8.42 Å². The van der Waals surface area contributed by atoms with E-state index < -0.39 is 10.0 Å². The average Bonchev–Trinajstić information content (AvgIpc) is 2.89. The first-order valence-electron chi connectivity index (χ1n) is 8.21. The summed E-state index contributed by atoms with van der Waals surface area (Å²) in [5.41, 5.74) is 1.07. The zero-order valence-corrected chi connectivity index (χ0v) is 14.9. The number of hydrogen-bond acceptors (Lipinski definition) is 4. The summed E-state index contributed by atoms with van der Waals surface area (Å²) in [6.45, 7) is 4.70. The third-order valence-corrected chi connectivity index (χ3v) is 6.84. The topological polar surface area (TPSA) is 49.9 Å². The third-order valence-electron chi connectivity index (χ3n) is 4.96. The third kappa shape index (κ3) is 3.45. The molecule has 0 spiro atoms. The molecule has 6 heteroatoms. The van der Waals surface area contributed by atoms with Gasteiger partial charge in [0.15, 0.2) is 0 Å². The molecule has 2 aliphatic rings. The first kappa shape index (κ1) is 16.9. The second kappa shape index (κ2) is 6.51. The number of benzene rings is 1. The lowest BCUT2D eigenvalue weighted by atomic mass is 9.85. The van der Waals surface area contributed by atoms with Gasteiger partial charge in [-0.05, 0) is 45.5 Å². The van der Waals surface area contributed by atoms with Crippen molar-refractivity contribution in [3.05, 3.63) is 29.8 Å². The lowest BCUT2D eigenvalue weighted by Crippen LogP contribution is -2.45. The lowest BCUT2D eigenvalue weighted by Gasteiger charge is -2.35. The maximum Gasteiger partial charge on any atom is 0.243 e. The van der Waals surface area contributed by atoms with Crippen molar-refractivity contribution in [3.63, 3.8) is 0 Å². The highest BCUT2D eigenvalue weighted by Crippen LogP contribution is 2.36. The smallest absolute Gasteiger partial charge is 0.243 e. The summed E-state index contributed by atoms with van der Waals surface area (Å²) < 4.78 is 33.2. The molecule has 0 radical (unpaired) electrons. The number of piperidine rings is 1. The Hall–Kier alpha value is -0.950. The summed E-state index contributed by atoms with van der Waals surface area (Å²) in [7, 11) is 0.708. The molecule has 2 heterocycles. The number of hydrogen-bond donors (Lipinski definition) is 0. The molecule has 23 heavy (non-hydrogen) atoms. The van der Waals surface area contributed by atoms with Gasteiger partial charge in [0.2, 0.25) is 10.0 Å². The molecule has 3 atom stereocenters. The van der Waals surface area contributed by atoms with Crippen molar-refractivity contribution in [1.29, 1.82) is 0 Å². The van der Waals surface area contributed by atoms with Crippen LogP contribution in [0.3, 0.4) is 0 Å². The highest BCUT2D eigenvalue weighted by Gasteiger charge is 2.43. The summed E-state index contributed by atoms with van der Waals surface area (Å²) in [6, 6.07) is 7.12. The van der Waals surface area contributed by atoms with E-state index in [4.69, 9.17) is 4.74 Å². The Morgan fingerprint density at radius 1 is 1.26 bits per heavy atom. The molecular weight excluding hydrogens is 312 g/mol. The highest BCUT2D eigenvalue weighted by molar-refractivity contribution is 7.89. The van der Waals surface area contributed by atoms with Crippen molar-refractivity contribution >= 4 is 10.0 Å². The maximum atomic E-state index is 12.8. The monoisotopic (exact) mass is 338 g/mol. The summed E-state index contributed by atoms with van der Waals surface area (Å²) in [6.07, 6.45) is 1.12. The molecule has 1 aromatic carbocycles. The van der Waals surface area contributed by atoms with Gasteiger partial charge in [0.25, 0.3) is 0 Å². The Balaban J connectivity index is 1.71. The van der Waals surface area contributed by atoms with Crippen LogP contribution < -0.4 is 0 Å². The van der Waals surface area contributed by atoms with Crippen LogP contribution in [-0.2, 0) is 14.8 Å². The van der Waals surface area contributed by atoms with E-state index in [1.807, 2.05) is 33.2 Å². The zero-order chi connectivity index (χ0) is 16.6. The number of rotatable bonds is 4. The Labute approximate surface area is 139 Å². The summed E-state index contributed by atoms with van der Waals surface area (Å²) in [5, 5.41) is 0. The van der Waals surface area contributed by atoms with E-state index in [9.17, 15) is 8.42 Å². The van der Waals surface area contributed by atoms with Crippen molar-refractivity contribution in [2.75, 3.05) is 40.3 Å². The molecule has 0 unspecified atom stereocenters. The van der Waals surface area contributed by atoms with E-state index in [1.54, 1.807) is 16.4 Å². The van der Waals surface area contributed by atoms with Crippen LogP contribution in [0.2, 0.25) is 0 Å². The molecule has 0 aromatic heterocycles. The van der Waals surface area contributed by atoms with Gasteiger partial charge >= 0.3 is 0 Å². The largest absolute Gasteiger partial charge is 0.376 e. The van der Waals surface area contributed by atoms with Crippen LogP contribution in [0.15, 0.2) is 29.2 Å². The van der Waals surface area contributed by atoms with Gasteiger partial charge in [-0.1, -0.05) is 17.7 Å². The molecule has 2 fully saturated rings. The first-order valence-corrected chi connectivity index (χ1v) is 9.65. The molecule has 0 aliphatic carbocycles. The van der Waals surface area contributed by atoms with Crippen LogP contribution in [-0.4, -0.2) is 64.1 Å². The predicted octanol–water partition coefficient (Wildman–Crippen LogP) is 1.58. The maximum absolute atomic E-state index is 12.8. The van der Waals surface area contributed by atoms with Crippen LogP contribution in [0.4, 0.5) is 0 Å². The summed E-state index contributed by atoms with van der Waals surface area (Å²) >= 11 is 0. The first-order chi connectivity index (χ1) is 10.9. The molecule has 3 rings (SSSR count). The number of aryl methyl sites for hydroxylation is 1. The van der Waals surface area contributed by atoms with Gasteiger partial charge in [0, 0.05) is 25.6 Å². The Morgan fingerprint density at radius 2 is 1.96 bits per heavy atom. The molecule has 0 N–H and O–H groups in total. The second-order valence-electron chi connectivity index (χ2n) is 7.02. The van der Waals surface area contributed by atoms with Crippen LogP contribution in [0.25, 0.3) is 0 Å².